The van der Waals surface area contributed by atoms with E-state index in [4.69, 9.17) is 5.11 Å². The number of hydrogen-bond acceptors (Lipinski definition) is 2. The summed E-state index contributed by atoms with van der Waals surface area (Å²) in [5.41, 5.74) is -0.713. The van der Waals surface area contributed by atoms with Gasteiger partial charge in [-0.15, -0.1) is 11.8 Å². The van der Waals surface area contributed by atoms with Crippen LogP contribution in [0.1, 0.15) is 33.6 Å². The first-order chi connectivity index (χ1) is 9.54. The summed E-state index contributed by atoms with van der Waals surface area (Å²) < 4.78 is 87.1. The van der Waals surface area contributed by atoms with Gasteiger partial charge in [-0.1, -0.05) is 20.8 Å². The Bertz CT molecular complexity index is 388. The Morgan fingerprint density at radius 3 is 1.82 bits per heavy atom. The molecule has 0 aromatic rings. The molecule has 0 amide bonds. The second-order valence-corrected chi connectivity index (χ2v) is 7.05. The first-order valence-electron chi connectivity index (χ1n) is 6.21. The standard InChI is InChI=1S/C12H17F7O2S/c1-9(2,3)7(8(20)21)22-6-4-5-10(13,14)11(15,16)12(17,18)19/h7H,4-6H2,1-3H3,(H,20,21). The molecule has 10 heteroatoms. The van der Waals surface area contributed by atoms with Crippen molar-refractivity contribution < 1.29 is 40.6 Å². The molecule has 0 aliphatic carbocycles. The van der Waals surface area contributed by atoms with E-state index in [0.717, 1.165) is 11.8 Å². The molecular weight excluding hydrogens is 341 g/mol. The van der Waals surface area contributed by atoms with Gasteiger partial charge >= 0.3 is 24.0 Å². The van der Waals surface area contributed by atoms with Crippen LogP contribution < -0.4 is 0 Å². The second-order valence-electron chi connectivity index (χ2n) is 5.84. The van der Waals surface area contributed by atoms with Crippen molar-refractivity contribution >= 4 is 17.7 Å². The predicted molar refractivity (Wildman–Crippen MR) is 68.5 cm³/mol. The molecular formula is C12H17F7O2S. The third kappa shape index (κ3) is 5.20. The molecule has 0 aromatic heterocycles. The lowest BCUT2D eigenvalue weighted by Crippen LogP contribution is -2.51. The largest absolute Gasteiger partial charge is 0.480 e. The van der Waals surface area contributed by atoms with Gasteiger partial charge in [-0.25, -0.2) is 0 Å². The Labute approximate surface area is 127 Å². The molecule has 1 unspecified atom stereocenters. The number of thioether (sulfide) groups is 1. The maximum Gasteiger partial charge on any atom is 0.459 e. The van der Waals surface area contributed by atoms with Crippen molar-refractivity contribution in [3.05, 3.63) is 0 Å². The van der Waals surface area contributed by atoms with E-state index < -0.39 is 47.5 Å². The van der Waals surface area contributed by atoms with Crippen molar-refractivity contribution in [2.45, 2.75) is 56.9 Å². The van der Waals surface area contributed by atoms with Crippen LogP contribution in [0.3, 0.4) is 0 Å². The second kappa shape index (κ2) is 6.84. The smallest absolute Gasteiger partial charge is 0.459 e. The van der Waals surface area contributed by atoms with Crippen molar-refractivity contribution in [1.82, 2.24) is 0 Å². The lowest BCUT2D eigenvalue weighted by molar-refractivity contribution is -0.355. The van der Waals surface area contributed by atoms with Gasteiger partial charge in [0.25, 0.3) is 0 Å². The Kier molecular flexibility index (Phi) is 6.63. The monoisotopic (exact) mass is 358 g/mol. The Morgan fingerprint density at radius 2 is 1.50 bits per heavy atom. The number of halogens is 7. The predicted octanol–water partition coefficient (Wildman–Crippen LogP) is 4.83. The molecule has 0 fully saturated rings. The summed E-state index contributed by atoms with van der Waals surface area (Å²) in [7, 11) is 0. The van der Waals surface area contributed by atoms with E-state index in [0.29, 0.717) is 0 Å². The first-order valence-corrected chi connectivity index (χ1v) is 7.25. The molecule has 0 aliphatic rings. The first kappa shape index (κ1) is 21.3. The van der Waals surface area contributed by atoms with Gasteiger partial charge < -0.3 is 5.11 Å². The summed E-state index contributed by atoms with van der Waals surface area (Å²) in [5, 5.41) is 7.98. The molecule has 0 spiro atoms. The minimum atomic E-state index is -6.33. The third-order valence-electron chi connectivity index (χ3n) is 2.75. The maximum atomic E-state index is 13.0. The lowest BCUT2D eigenvalue weighted by atomic mass is 9.92. The summed E-state index contributed by atoms with van der Waals surface area (Å²) >= 11 is 0.736. The zero-order valence-corrected chi connectivity index (χ0v) is 12.9. The molecule has 0 saturated heterocycles. The number of carbonyl (C=O) groups is 1. The van der Waals surface area contributed by atoms with Crippen molar-refractivity contribution in [3.63, 3.8) is 0 Å². The number of alkyl halides is 7. The molecule has 0 bridgehead atoms. The fourth-order valence-electron chi connectivity index (χ4n) is 1.55. The minimum absolute atomic E-state index is 0.266. The van der Waals surface area contributed by atoms with Gasteiger partial charge in [0.15, 0.2) is 0 Å². The molecule has 2 nitrogen and oxygen atoms in total. The topological polar surface area (TPSA) is 37.3 Å². The fraction of sp³-hybridized carbons (Fsp3) is 0.917. The van der Waals surface area contributed by atoms with Crippen molar-refractivity contribution in [1.29, 1.82) is 0 Å². The highest BCUT2D eigenvalue weighted by molar-refractivity contribution is 8.00. The highest BCUT2D eigenvalue weighted by atomic mass is 32.2. The highest BCUT2D eigenvalue weighted by Crippen LogP contribution is 2.48. The van der Waals surface area contributed by atoms with Crippen LogP contribution in [0, 0.1) is 5.41 Å². The molecule has 0 radical (unpaired) electrons. The minimum Gasteiger partial charge on any atom is -0.480 e. The zero-order valence-electron chi connectivity index (χ0n) is 12.1. The summed E-state index contributed by atoms with van der Waals surface area (Å²) in [5.74, 6) is -12.8. The molecule has 1 N–H and O–H groups in total. The summed E-state index contributed by atoms with van der Waals surface area (Å²) in [6, 6.07) is 0. The number of aliphatic carboxylic acids is 1. The normalized spacial score (nSPS) is 15.7. The fourth-order valence-corrected chi connectivity index (χ4v) is 2.74. The van der Waals surface area contributed by atoms with Gasteiger partial charge in [-0.2, -0.15) is 30.7 Å². The van der Waals surface area contributed by atoms with E-state index in [9.17, 15) is 35.5 Å². The quantitative estimate of drug-likeness (QED) is 0.523. The SMILES string of the molecule is CC(C)(C)C(SCCCC(F)(F)C(F)(F)C(F)(F)F)C(=O)O. The van der Waals surface area contributed by atoms with Crippen LogP contribution in [0.25, 0.3) is 0 Å². The third-order valence-corrected chi connectivity index (χ3v) is 4.51. The van der Waals surface area contributed by atoms with E-state index in [-0.39, 0.29) is 5.75 Å². The molecule has 0 saturated carbocycles. The van der Waals surface area contributed by atoms with Gasteiger partial charge in [-0.3, -0.25) is 4.79 Å². The van der Waals surface area contributed by atoms with Crippen LogP contribution in [0.4, 0.5) is 30.7 Å². The Morgan fingerprint density at radius 1 is 1.05 bits per heavy atom. The van der Waals surface area contributed by atoms with E-state index >= 15 is 0 Å². The van der Waals surface area contributed by atoms with Gasteiger partial charge in [0, 0.05) is 6.42 Å². The average molecular weight is 358 g/mol. The van der Waals surface area contributed by atoms with Crippen LogP contribution in [0.15, 0.2) is 0 Å². The highest BCUT2D eigenvalue weighted by Gasteiger charge is 2.72. The van der Waals surface area contributed by atoms with Gasteiger partial charge in [0.05, 0.1) is 0 Å². The lowest BCUT2D eigenvalue weighted by Gasteiger charge is -2.29. The van der Waals surface area contributed by atoms with Crippen molar-refractivity contribution in [2.75, 3.05) is 5.75 Å². The van der Waals surface area contributed by atoms with Gasteiger partial charge in [-0.05, 0) is 17.6 Å². The van der Waals surface area contributed by atoms with Crippen LogP contribution in [-0.2, 0) is 4.79 Å². The summed E-state index contributed by atoms with van der Waals surface area (Å²) in [6.07, 6.45) is -8.68. The number of hydrogen-bond donors (Lipinski definition) is 1. The number of rotatable bonds is 7. The van der Waals surface area contributed by atoms with E-state index in [2.05, 4.69) is 0 Å². The van der Waals surface area contributed by atoms with E-state index in [1.165, 1.54) is 0 Å². The molecule has 0 aromatic carbocycles. The zero-order chi connectivity index (χ0) is 18.0. The average Bonchev–Trinajstić information content (AvgIpc) is 2.24. The number of carboxylic acid groups (broad SMARTS) is 1. The van der Waals surface area contributed by atoms with E-state index in [1.807, 2.05) is 0 Å². The molecule has 0 aliphatic heterocycles. The molecule has 132 valence electrons. The van der Waals surface area contributed by atoms with Gasteiger partial charge in [0.1, 0.15) is 5.25 Å². The van der Waals surface area contributed by atoms with Crippen LogP contribution >= 0.6 is 11.8 Å². The number of carboxylic acids is 1. The van der Waals surface area contributed by atoms with Crippen LogP contribution in [0.2, 0.25) is 0 Å². The molecule has 1 atom stereocenters. The van der Waals surface area contributed by atoms with Crippen molar-refractivity contribution in [2.24, 2.45) is 5.41 Å². The van der Waals surface area contributed by atoms with Crippen LogP contribution in [-0.4, -0.2) is 40.1 Å². The Balaban J connectivity index is 4.62. The van der Waals surface area contributed by atoms with Crippen LogP contribution in [0.5, 0.6) is 0 Å². The van der Waals surface area contributed by atoms with E-state index in [1.54, 1.807) is 20.8 Å². The summed E-state index contributed by atoms with van der Waals surface area (Å²) in [4.78, 5) is 11.0. The van der Waals surface area contributed by atoms with Crippen molar-refractivity contribution in [3.8, 4) is 0 Å². The molecule has 0 rings (SSSR count). The molecule has 0 heterocycles. The van der Waals surface area contributed by atoms with Gasteiger partial charge in [0.2, 0.25) is 0 Å². The maximum absolute atomic E-state index is 13.0. The molecule has 22 heavy (non-hydrogen) atoms. The Hall–Kier alpha value is -0.670. The summed E-state index contributed by atoms with van der Waals surface area (Å²) in [6.45, 7) is 4.77.